The molecule has 2 aromatic carbocycles. The molecule has 3 rings (SSSR count). The summed E-state index contributed by atoms with van der Waals surface area (Å²) in [6.07, 6.45) is 1.56. The second-order valence-corrected chi connectivity index (χ2v) is 5.72. The van der Waals surface area contributed by atoms with Crippen LogP contribution in [0.5, 0.6) is 0 Å². The van der Waals surface area contributed by atoms with Gasteiger partial charge in [-0.15, -0.1) is 0 Å². The second-order valence-electron chi connectivity index (χ2n) is 5.72. The van der Waals surface area contributed by atoms with Gasteiger partial charge < -0.3 is 10.6 Å². The van der Waals surface area contributed by atoms with Crippen molar-refractivity contribution in [2.45, 2.75) is 13.0 Å². The summed E-state index contributed by atoms with van der Waals surface area (Å²) in [4.78, 5) is 40.4. The van der Waals surface area contributed by atoms with E-state index < -0.39 is 0 Å². The lowest BCUT2D eigenvalue weighted by atomic mass is 10.2. The lowest BCUT2D eigenvalue weighted by molar-refractivity contribution is -0.116. The van der Waals surface area contributed by atoms with Crippen molar-refractivity contribution >= 4 is 28.4 Å². The predicted molar refractivity (Wildman–Crippen MR) is 99.1 cm³/mol. The Kier molecular flexibility index (Phi) is 5.07. The molecule has 1 aromatic heterocycles. The fraction of sp³-hybridized carbons (Fsp3) is 0.158. The van der Waals surface area contributed by atoms with Crippen LogP contribution < -0.4 is 16.2 Å². The number of nitrogens with zero attached hydrogens (tertiary/aromatic N) is 2. The Hall–Kier alpha value is -3.48. The number of nitrogens with one attached hydrogen (secondary N) is 2. The minimum Gasteiger partial charge on any atom is -0.355 e. The number of aryl methyl sites for hydroxylation is 1. The summed E-state index contributed by atoms with van der Waals surface area (Å²) in [6.45, 7) is 0.220. The summed E-state index contributed by atoms with van der Waals surface area (Å²) in [5.74, 6) is -0.478. The van der Waals surface area contributed by atoms with Gasteiger partial charge in [-0.2, -0.15) is 0 Å². The number of rotatable bonds is 5. The topological polar surface area (TPSA) is 93.1 Å². The highest BCUT2D eigenvalue weighted by Gasteiger charge is 2.08. The molecular formula is C19H18N4O3. The van der Waals surface area contributed by atoms with E-state index in [1.54, 1.807) is 49.5 Å². The van der Waals surface area contributed by atoms with Crippen molar-refractivity contribution in [3.8, 4) is 0 Å². The zero-order valence-corrected chi connectivity index (χ0v) is 14.2. The number of hydrogen-bond donors (Lipinski definition) is 2. The van der Waals surface area contributed by atoms with Crippen molar-refractivity contribution in [1.82, 2.24) is 14.9 Å². The van der Waals surface area contributed by atoms with E-state index in [9.17, 15) is 14.4 Å². The maximum Gasteiger partial charge on any atom is 0.261 e. The summed E-state index contributed by atoms with van der Waals surface area (Å²) in [6, 6.07) is 13.7. The van der Waals surface area contributed by atoms with Gasteiger partial charge in [0.2, 0.25) is 5.91 Å². The molecule has 0 aliphatic heterocycles. The molecule has 0 fully saturated rings. The first kappa shape index (κ1) is 17.3. The third-order valence-electron chi connectivity index (χ3n) is 3.95. The van der Waals surface area contributed by atoms with Gasteiger partial charge in [0.15, 0.2) is 0 Å². The van der Waals surface area contributed by atoms with Crippen LogP contribution in [0.1, 0.15) is 16.8 Å². The van der Waals surface area contributed by atoms with E-state index in [2.05, 4.69) is 15.6 Å². The molecule has 0 unspecified atom stereocenters. The van der Waals surface area contributed by atoms with Gasteiger partial charge in [-0.05, 0) is 30.3 Å². The zero-order chi connectivity index (χ0) is 18.5. The number of carbonyl (C=O) groups excluding carboxylic acids is 2. The van der Waals surface area contributed by atoms with Crippen LogP contribution in [0.25, 0.3) is 10.9 Å². The molecule has 3 aromatic rings. The van der Waals surface area contributed by atoms with Crippen molar-refractivity contribution in [2.75, 3.05) is 12.4 Å². The molecule has 0 radical (unpaired) electrons. The van der Waals surface area contributed by atoms with Gasteiger partial charge in [0.25, 0.3) is 11.5 Å². The van der Waals surface area contributed by atoms with Crippen LogP contribution in [0, 0.1) is 0 Å². The van der Waals surface area contributed by atoms with Gasteiger partial charge in [0.05, 0.1) is 17.2 Å². The summed E-state index contributed by atoms with van der Waals surface area (Å²) in [5.41, 5.74) is 1.44. The number of aromatic nitrogens is 2. The molecule has 0 aliphatic carbocycles. The number of amides is 2. The molecule has 2 N–H and O–H groups in total. The number of hydrogen-bond acceptors (Lipinski definition) is 4. The number of anilines is 1. The molecule has 0 atom stereocenters. The Bertz CT molecular complexity index is 1030. The number of fused-ring (bicyclic) bond motifs is 1. The standard InChI is InChI=1S/C19H18N4O3/c1-20-18(25)13-5-4-6-14(11-13)22-17(24)9-10-23-12-21-16-8-3-2-7-15(16)19(23)26/h2-8,11-12H,9-10H2,1H3,(H,20,25)(H,22,24). The number of para-hydroxylation sites is 1. The quantitative estimate of drug-likeness (QED) is 0.734. The molecule has 0 saturated carbocycles. The van der Waals surface area contributed by atoms with E-state index >= 15 is 0 Å². The first-order valence-corrected chi connectivity index (χ1v) is 8.14. The van der Waals surface area contributed by atoms with Crippen LogP contribution in [-0.2, 0) is 11.3 Å². The zero-order valence-electron chi connectivity index (χ0n) is 14.2. The fourth-order valence-corrected chi connectivity index (χ4v) is 2.59. The van der Waals surface area contributed by atoms with E-state index in [-0.39, 0.29) is 30.3 Å². The highest BCUT2D eigenvalue weighted by atomic mass is 16.2. The van der Waals surface area contributed by atoms with Crippen molar-refractivity contribution in [2.24, 2.45) is 0 Å². The average Bonchev–Trinajstić information content (AvgIpc) is 2.67. The Morgan fingerprint density at radius 3 is 2.73 bits per heavy atom. The lowest BCUT2D eigenvalue weighted by Gasteiger charge is -2.09. The van der Waals surface area contributed by atoms with E-state index in [0.717, 1.165) is 0 Å². The van der Waals surface area contributed by atoms with Gasteiger partial charge >= 0.3 is 0 Å². The van der Waals surface area contributed by atoms with Crippen LogP contribution in [-0.4, -0.2) is 28.4 Å². The minimum absolute atomic E-state index is 0.115. The maximum atomic E-state index is 12.4. The number of benzene rings is 2. The molecule has 0 saturated heterocycles. The number of carbonyl (C=O) groups is 2. The Morgan fingerprint density at radius 2 is 1.92 bits per heavy atom. The van der Waals surface area contributed by atoms with Crippen molar-refractivity contribution in [1.29, 1.82) is 0 Å². The second kappa shape index (κ2) is 7.60. The smallest absolute Gasteiger partial charge is 0.261 e. The summed E-state index contributed by atoms with van der Waals surface area (Å²) in [5, 5.41) is 5.79. The average molecular weight is 350 g/mol. The Balaban J connectivity index is 1.67. The van der Waals surface area contributed by atoms with Crippen molar-refractivity contribution in [3.63, 3.8) is 0 Å². The Labute approximate surface area is 149 Å². The fourth-order valence-electron chi connectivity index (χ4n) is 2.59. The van der Waals surface area contributed by atoms with Crippen LogP contribution >= 0.6 is 0 Å². The highest BCUT2D eigenvalue weighted by Crippen LogP contribution is 2.11. The molecule has 7 nitrogen and oxygen atoms in total. The Morgan fingerprint density at radius 1 is 1.12 bits per heavy atom. The molecule has 0 spiro atoms. The van der Waals surface area contributed by atoms with E-state index in [0.29, 0.717) is 22.2 Å². The van der Waals surface area contributed by atoms with Gasteiger partial charge in [-0.3, -0.25) is 19.0 Å². The van der Waals surface area contributed by atoms with Crippen LogP contribution in [0.15, 0.2) is 59.7 Å². The normalized spacial score (nSPS) is 10.5. The molecule has 7 heteroatoms. The summed E-state index contributed by atoms with van der Waals surface area (Å²) in [7, 11) is 1.54. The first-order valence-electron chi connectivity index (χ1n) is 8.14. The van der Waals surface area contributed by atoms with Gasteiger partial charge in [0.1, 0.15) is 0 Å². The first-order chi connectivity index (χ1) is 12.6. The third kappa shape index (κ3) is 3.77. The summed E-state index contributed by atoms with van der Waals surface area (Å²) >= 11 is 0. The van der Waals surface area contributed by atoms with E-state index in [1.165, 1.54) is 10.9 Å². The van der Waals surface area contributed by atoms with Gasteiger partial charge in [-0.1, -0.05) is 18.2 Å². The SMILES string of the molecule is CNC(=O)c1cccc(NC(=O)CCn2cnc3ccccc3c2=O)c1. The van der Waals surface area contributed by atoms with Crippen LogP contribution in [0.2, 0.25) is 0 Å². The molecular weight excluding hydrogens is 332 g/mol. The predicted octanol–water partition coefficient (Wildman–Crippen LogP) is 1.78. The molecule has 1 heterocycles. The molecule has 26 heavy (non-hydrogen) atoms. The maximum absolute atomic E-state index is 12.4. The minimum atomic E-state index is -0.251. The van der Waals surface area contributed by atoms with E-state index in [4.69, 9.17) is 0 Å². The monoisotopic (exact) mass is 350 g/mol. The molecule has 132 valence electrons. The third-order valence-corrected chi connectivity index (χ3v) is 3.95. The van der Waals surface area contributed by atoms with Crippen molar-refractivity contribution in [3.05, 3.63) is 70.8 Å². The lowest BCUT2D eigenvalue weighted by Crippen LogP contribution is -2.23. The molecule has 2 amide bonds. The van der Waals surface area contributed by atoms with Gasteiger partial charge in [-0.25, -0.2) is 4.98 Å². The summed E-state index contributed by atoms with van der Waals surface area (Å²) < 4.78 is 1.42. The van der Waals surface area contributed by atoms with Crippen LogP contribution in [0.3, 0.4) is 0 Å². The van der Waals surface area contributed by atoms with Crippen molar-refractivity contribution < 1.29 is 9.59 Å². The largest absolute Gasteiger partial charge is 0.355 e. The van der Waals surface area contributed by atoms with Gasteiger partial charge in [0, 0.05) is 31.3 Å². The molecule has 0 bridgehead atoms. The molecule has 0 aliphatic rings. The van der Waals surface area contributed by atoms with Crippen LogP contribution in [0.4, 0.5) is 5.69 Å². The highest BCUT2D eigenvalue weighted by molar-refractivity contribution is 5.97. The van der Waals surface area contributed by atoms with E-state index in [1.807, 2.05) is 6.07 Å².